The van der Waals surface area contributed by atoms with Gasteiger partial charge in [0.25, 0.3) is 5.91 Å². The predicted octanol–water partition coefficient (Wildman–Crippen LogP) is 1.82. The highest BCUT2D eigenvalue weighted by Gasteiger charge is 2.12. The number of benzene rings is 1. The molecule has 0 unspecified atom stereocenters. The molecule has 2 rings (SSSR count). The summed E-state index contributed by atoms with van der Waals surface area (Å²) in [5.41, 5.74) is 5.29. The zero-order chi connectivity index (χ0) is 17.7. The number of nitrogens with one attached hydrogen (secondary N) is 2. The van der Waals surface area contributed by atoms with Gasteiger partial charge in [0.05, 0.1) is 5.56 Å². The van der Waals surface area contributed by atoms with Gasteiger partial charge in [-0.05, 0) is 31.5 Å². The summed E-state index contributed by atoms with van der Waals surface area (Å²) in [6.07, 6.45) is 0.602. The standard InChI is InChI=1S/C15H16ClN3O4S/c1-9-8-24-15(23)19(9)6-2-3-13(21)17-18-14(22)11-7-10(16)4-5-12(11)20/h4-5,7-8,20H,2-3,6H2,1H3,(H,17,21)(H,18,22). The number of phenolic OH excluding ortho intramolecular Hbond substituents is 1. The van der Waals surface area contributed by atoms with E-state index in [1.54, 1.807) is 9.95 Å². The van der Waals surface area contributed by atoms with Crippen LogP contribution in [0.15, 0.2) is 28.4 Å². The molecule has 0 spiro atoms. The lowest BCUT2D eigenvalue weighted by Gasteiger charge is -2.09. The third-order valence-corrected chi connectivity index (χ3v) is 4.40. The average molecular weight is 370 g/mol. The van der Waals surface area contributed by atoms with Crippen molar-refractivity contribution in [2.75, 3.05) is 0 Å². The highest BCUT2D eigenvalue weighted by atomic mass is 35.5. The molecule has 2 aromatic rings. The minimum atomic E-state index is -0.673. The summed E-state index contributed by atoms with van der Waals surface area (Å²) in [7, 11) is 0. The Morgan fingerprint density at radius 3 is 2.75 bits per heavy atom. The van der Waals surface area contributed by atoms with Crippen LogP contribution in [-0.2, 0) is 11.3 Å². The van der Waals surface area contributed by atoms with Crippen LogP contribution in [0.1, 0.15) is 28.9 Å². The quantitative estimate of drug-likeness (QED) is 0.700. The van der Waals surface area contributed by atoms with Gasteiger partial charge in [0.1, 0.15) is 5.75 Å². The number of aromatic nitrogens is 1. The molecule has 128 valence electrons. The second kappa shape index (κ2) is 7.98. The Morgan fingerprint density at radius 1 is 1.33 bits per heavy atom. The van der Waals surface area contributed by atoms with Crippen LogP contribution in [0.2, 0.25) is 5.02 Å². The summed E-state index contributed by atoms with van der Waals surface area (Å²) in [5.74, 6) is -1.31. The monoisotopic (exact) mass is 369 g/mol. The number of nitrogens with zero attached hydrogens (tertiary/aromatic N) is 1. The van der Waals surface area contributed by atoms with Gasteiger partial charge in [-0.25, -0.2) is 0 Å². The number of amides is 2. The Balaban J connectivity index is 1.80. The highest BCUT2D eigenvalue weighted by molar-refractivity contribution is 7.07. The van der Waals surface area contributed by atoms with Crippen molar-refractivity contribution in [2.24, 2.45) is 0 Å². The van der Waals surface area contributed by atoms with E-state index in [1.807, 2.05) is 6.92 Å². The van der Waals surface area contributed by atoms with Gasteiger partial charge < -0.3 is 9.67 Å². The zero-order valence-corrected chi connectivity index (χ0v) is 14.4. The lowest BCUT2D eigenvalue weighted by molar-refractivity contribution is -0.122. The molecule has 24 heavy (non-hydrogen) atoms. The van der Waals surface area contributed by atoms with Crippen molar-refractivity contribution in [1.29, 1.82) is 0 Å². The summed E-state index contributed by atoms with van der Waals surface area (Å²) in [4.78, 5) is 35.1. The average Bonchev–Trinajstić information content (AvgIpc) is 2.86. The second-order valence-electron chi connectivity index (χ2n) is 5.06. The molecule has 0 aliphatic carbocycles. The zero-order valence-electron chi connectivity index (χ0n) is 12.8. The summed E-state index contributed by atoms with van der Waals surface area (Å²) in [6.45, 7) is 2.26. The van der Waals surface area contributed by atoms with Crippen LogP contribution in [0.25, 0.3) is 0 Å². The molecule has 0 aliphatic rings. The Labute approximate surface area is 146 Å². The van der Waals surface area contributed by atoms with Crippen molar-refractivity contribution in [3.8, 4) is 5.75 Å². The van der Waals surface area contributed by atoms with E-state index in [-0.39, 0.29) is 22.6 Å². The maximum Gasteiger partial charge on any atom is 0.307 e. The van der Waals surface area contributed by atoms with Crippen LogP contribution < -0.4 is 15.7 Å². The van der Waals surface area contributed by atoms with Gasteiger partial charge in [-0.15, -0.1) is 0 Å². The third kappa shape index (κ3) is 4.59. The molecule has 7 nitrogen and oxygen atoms in total. The predicted molar refractivity (Wildman–Crippen MR) is 91.3 cm³/mol. The van der Waals surface area contributed by atoms with Crippen LogP contribution in [-0.4, -0.2) is 21.5 Å². The van der Waals surface area contributed by atoms with Crippen LogP contribution in [0.4, 0.5) is 0 Å². The van der Waals surface area contributed by atoms with Crippen LogP contribution in [0.5, 0.6) is 5.75 Å². The molecular formula is C15H16ClN3O4S. The third-order valence-electron chi connectivity index (χ3n) is 3.28. The van der Waals surface area contributed by atoms with E-state index in [0.29, 0.717) is 18.0 Å². The number of aromatic hydroxyl groups is 1. The van der Waals surface area contributed by atoms with Gasteiger partial charge >= 0.3 is 4.87 Å². The first-order valence-electron chi connectivity index (χ1n) is 7.11. The van der Waals surface area contributed by atoms with Gasteiger partial charge in [0.2, 0.25) is 5.91 Å². The number of hydrazine groups is 1. The molecule has 1 heterocycles. The number of halogens is 1. The molecule has 0 radical (unpaired) electrons. The normalized spacial score (nSPS) is 10.4. The van der Waals surface area contributed by atoms with E-state index in [1.165, 1.54) is 18.2 Å². The van der Waals surface area contributed by atoms with Crippen LogP contribution in [0, 0.1) is 6.92 Å². The lowest BCUT2D eigenvalue weighted by Crippen LogP contribution is -2.41. The number of rotatable bonds is 5. The number of phenols is 1. The van der Waals surface area contributed by atoms with E-state index < -0.39 is 11.8 Å². The van der Waals surface area contributed by atoms with Crippen LogP contribution >= 0.6 is 22.9 Å². The van der Waals surface area contributed by atoms with Gasteiger partial charge in [-0.1, -0.05) is 22.9 Å². The highest BCUT2D eigenvalue weighted by Crippen LogP contribution is 2.20. The van der Waals surface area contributed by atoms with E-state index in [2.05, 4.69) is 10.9 Å². The molecule has 3 N–H and O–H groups in total. The summed E-state index contributed by atoms with van der Waals surface area (Å²) >= 11 is 6.88. The summed E-state index contributed by atoms with van der Waals surface area (Å²) < 4.78 is 1.60. The first-order chi connectivity index (χ1) is 11.4. The first kappa shape index (κ1) is 18.0. The first-order valence-corrected chi connectivity index (χ1v) is 8.37. The van der Waals surface area contributed by atoms with Gasteiger partial charge in [0, 0.05) is 29.1 Å². The lowest BCUT2D eigenvalue weighted by atomic mass is 10.2. The molecule has 1 aromatic carbocycles. The molecule has 1 aromatic heterocycles. The fourth-order valence-corrected chi connectivity index (χ4v) is 2.95. The van der Waals surface area contributed by atoms with Crippen molar-refractivity contribution in [3.63, 3.8) is 0 Å². The minimum Gasteiger partial charge on any atom is -0.507 e. The molecule has 2 amide bonds. The van der Waals surface area contributed by atoms with E-state index in [0.717, 1.165) is 17.0 Å². The number of carbonyl (C=O) groups excluding carboxylic acids is 2. The van der Waals surface area contributed by atoms with E-state index >= 15 is 0 Å². The molecular weight excluding hydrogens is 354 g/mol. The Kier molecular flexibility index (Phi) is 5.99. The Bertz CT molecular complexity index is 815. The van der Waals surface area contributed by atoms with E-state index in [4.69, 9.17) is 11.6 Å². The second-order valence-corrected chi connectivity index (χ2v) is 6.32. The number of hydrogen-bond donors (Lipinski definition) is 3. The number of aryl methyl sites for hydroxylation is 1. The van der Waals surface area contributed by atoms with Gasteiger partial charge in [0.15, 0.2) is 0 Å². The molecule has 0 atom stereocenters. The van der Waals surface area contributed by atoms with Crippen molar-refractivity contribution in [1.82, 2.24) is 15.4 Å². The molecule has 0 aliphatic heterocycles. The summed E-state index contributed by atoms with van der Waals surface area (Å²) in [5, 5.41) is 11.7. The van der Waals surface area contributed by atoms with Gasteiger partial charge in [-0.2, -0.15) is 0 Å². The molecule has 0 saturated carbocycles. The Morgan fingerprint density at radius 2 is 2.08 bits per heavy atom. The van der Waals surface area contributed by atoms with E-state index in [9.17, 15) is 19.5 Å². The Hall–Kier alpha value is -2.32. The largest absolute Gasteiger partial charge is 0.507 e. The SMILES string of the molecule is Cc1csc(=O)n1CCCC(=O)NNC(=O)c1cc(Cl)ccc1O. The molecule has 9 heteroatoms. The fourth-order valence-electron chi connectivity index (χ4n) is 2.02. The molecule has 0 saturated heterocycles. The van der Waals surface area contributed by atoms with Crippen molar-refractivity contribution in [3.05, 3.63) is 49.5 Å². The van der Waals surface area contributed by atoms with Gasteiger partial charge in [-0.3, -0.25) is 25.2 Å². The smallest absolute Gasteiger partial charge is 0.307 e. The van der Waals surface area contributed by atoms with Crippen molar-refractivity contribution in [2.45, 2.75) is 26.3 Å². The maximum absolute atomic E-state index is 11.9. The van der Waals surface area contributed by atoms with Crippen LogP contribution in [0.3, 0.4) is 0 Å². The number of thiazole rings is 1. The number of carbonyl (C=O) groups is 2. The fraction of sp³-hybridized carbons (Fsp3) is 0.267. The minimum absolute atomic E-state index is 0.0387. The van der Waals surface area contributed by atoms with Crippen molar-refractivity contribution < 1.29 is 14.7 Å². The van der Waals surface area contributed by atoms with Crippen molar-refractivity contribution >= 4 is 34.8 Å². The summed E-state index contributed by atoms with van der Waals surface area (Å²) in [6, 6.07) is 4.03. The molecule has 0 fully saturated rings. The molecule has 0 bridgehead atoms. The number of hydrogen-bond acceptors (Lipinski definition) is 5. The topological polar surface area (TPSA) is 100 Å². The maximum atomic E-state index is 11.9.